The molecule has 0 aromatic carbocycles. The molecule has 7 heteroatoms. The quantitative estimate of drug-likeness (QED) is 0.870. The van der Waals surface area contributed by atoms with Crippen LogP contribution in [-0.4, -0.2) is 36.6 Å². The third-order valence-electron chi connectivity index (χ3n) is 2.85. The molecular weight excluding hydrogens is 335 g/mol. The summed E-state index contributed by atoms with van der Waals surface area (Å²) in [5.41, 5.74) is -0.753. The van der Waals surface area contributed by atoms with E-state index >= 15 is 0 Å². The van der Waals surface area contributed by atoms with E-state index in [1.165, 1.54) is 6.20 Å². The van der Waals surface area contributed by atoms with Gasteiger partial charge in [-0.1, -0.05) is 13.8 Å². The van der Waals surface area contributed by atoms with Crippen LogP contribution in [0.3, 0.4) is 0 Å². The highest BCUT2D eigenvalue weighted by Crippen LogP contribution is 2.35. The molecule has 0 aliphatic carbocycles. The normalized spacial score (nSPS) is 13.9. The third-order valence-corrected chi connectivity index (χ3v) is 3.28. The zero-order valence-electron chi connectivity index (χ0n) is 11.9. The van der Waals surface area contributed by atoms with E-state index in [0.717, 1.165) is 6.07 Å². The van der Waals surface area contributed by atoms with E-state index in [9.17, 15) is 13.2 Å². The number of aromatic nitrogens is 1. The third kappa shape index (κ3) is 4.94. The van der Waals surface area contributed by atoms with Crippen molar-refractivity contribution in [2.75, 3.05) is 26.0 Å². The van der Waals surface area contributed by atoms with E-state index in [4.69, 9.17) is 0 Å². The minimum Gasteiger partial charge on any atom is -0.365 e. The molecule has 0 amide bonds. The van der Waals surface area contributed by atoms with E-state index < -0.39 is 11.7 Å². The van der Waals surface area contributed by atoms with Crippen LogP contribution in [0.2, 0.25) is 0 Å². The number of hydrogen-bond donors (Lipinski definition) is 1. The van der Waals surface area contributed by atoms with Crippen LogP contribution in [0.4, 0.5) is 19.0 Å². The number of alkyl halides is 3. The van der Waals surface area contributed by atoms with Crippen LogP contribution in [0, 0.1) is 5.92 Å². The molecule has 0 saturated carbocycles. The van der Waals surface area contributed by atoms with Crippen LogP contribution >= 0.6 is 15.9 Å². The van der Waals surface area contributed by atoms with Crippen molar-refractivity contribution >= 4 is 21.7 Å². The largest absolute Gasteiger partial charge is 0.419 e. The molecule has 3 nitrogen and oxygen atoms in total. The second-order valence-corrected chi connectivity index (χ2v) is 6.22. The zero-order valence-corrected chi connectivity index (χ0v) is 13.5. The summed E-state index contributed by atoms with van der Waals surface area (Å²) in [5, 5.41) is 2.92. The molecule has 114 valence electrons. The van der Waals surface area contributed by atoms with Crippen LogP contribution in [0.1, 0.15) is 19.4 Å². The summed E-state index contributed by atoms with van der Waals surface area (Å²) in [7, 11) is 3.77. The van der Waals surface area contributed by atoms with E-state index in [0.29, 0.717) is 11.0 Å². The van der Waals surface area contributed by atoms with Crippen LogP contribution < -0.4 is 5.32 Å². The van der Waals surface area contributed by atoms with Crippen molar-refractivity contribution in [3.8, 4) is 0 Å². The van der Waals surface area contributed by atoms with Gasteiger partial charge in [-0.3, -0.25) is 0 Å². The van der Waals surface area contributed by atoms with Crippen LogP contribution in [0.25, 0.3) is 0 Å². The van der Waals surface area contributed by atoms with Crippen molar-refractivity contribution in [3.05, 3.63) is 22.3 Å². The second-order valence-electron chi connectivity index (χ2n) is 5.30. The Bertz CT molecular complexity index is 447. The Kier molecular flexibility index (Phi) is 5.82. The van der Waals surface area contributed by atoms with Crippen molar-refractivity contribution in [2.24, 2.45) is 5.92 Å². The van der Waals surface area contributed by atoms with Gasteiger partial charge in [-0.2, -0.15) is 13.2 Å². The summed E-state index contributed by atoms with van der Waals surface area (Å²) >= 11 is 3.03. The van der Waals surface area contributed by atoms with Crippen molar-refractivity contribution in [1.82, 2.24) is 9.88 Å². The molecule has 0 spiro atoms. The molecule has 1 unspecified atom stereocenters. The Labute approximate surface area is 125 Å². The fourth-order valence-electron chi connectivity index (χ4n) is 1.76. The molecule has 0 aliphatic heterocycles. The molecule has 0 bridgehead atoms. The molecule has 1 N–H and O–H groups in total. The molecule has 1 heterocycles. The van der Waals surface area contributed by atoms with E-state index in [-0.39, 0.29) is 17.8 Å². The summed E-state index contributed by atoms with van der Waals surface area (Å²) in [4.78, 5) is 5.81. The number of hydrogen-bond acceptors (Lipinski definition) is 3. The Hall–Kier alpha value is -0.820. The SMILES string of the molecule is CC(C)C(CN(C)C)Nc1ncc(Br)cc1C(F)(F)F. The Balaban J connectivity index is 3.06. The lowest BCUT2D eigenvalue weighted by molar-refractivity contribution is -0.137. The number of likely N-dealkylation sites (N-methyl/N-ethyl adjacent to an activating group) is 1. The molecule has 0 fully saturated rings. The van der Waals surface area contributed by atoms with Gasteiger partial charge in [-0.05, 0) is 42.0 Å². The highest BCUT2D eigenvalue weighted by atomic mass is 79.9. The maximum atomic E-state index is 13.0. The van der Waals surface area contributed by atoms with E-state index in [2.05, 4.69) is 26.2 Å². The lowest BCUT2D eigenvalue weighted by Crippen LogP contribution is -2.37. The molecule has 1 atom stereocenters. The molecule has 1 aromatic rings. The highest BCUT2D eigenvalue weighted by Gasteiger charge is 2.35. The smallest absolute Gasteiger partial charge is 0.365 e. The molecule has 0 saturated heterocycles. The van der Waals surface area contributed by atoms with Gasteiger partial charge < -0.3 is 10.2 Å². The van der Waals surface area contributed by atoms with Crippen molar-refractivity contribution in [1.29, 1.82) is 0 Å². The van der Waals surface area contributed by atoms with Gasteiger partial charge in [0.15, 0.2) is 0 Å². The number of nitrogens with zero attached hydrogens (tertiary/aromatic N) is 2. The van der Waals surface area contributed by atoms with Gasteiger partial charge in [-0.25, -0.2) is 4.98 Å². The molecule has 20 heavy (non-hydrogen) atoms. The first-order valence-corrected chi connectivity index (χ1v) is 7.04. The second kappa shape index (κ2) is 6.76. The van der Waals surface area contributed by atoms with Gasteiger partial charge in [-0.15, -0.1) is 0 Å². The fraction of sp³-hybridized carbons (Fsp3) is 0.615. The Morgan fingerprint density at radius 1 is 1.35 bits per heavy atom. The first kappa shape index (κ1) is 17.2. The van der Waals surface area contributed by atoms with Crippen LogP contribution in [0.15, 0.2) is 16.7 Å². The van der Waals surface area contributed by atoms with E-state index in [1.54, 1.807) is 0 Å². The molecule has 1 rings (SSSR count). The van der Waals surface area contributed by atoms with Crippen LogP contribution in [-0.2, 0) is 6.18 Å². The minimum atomic E-state index is -4.43. The minimum absolute atomic E-state index is 0.111. The first-order valence-electron chi connectivity index (χ1n) is 6.25. The van der Waals surface area contributed by atoms with Crippen molar-refractivity contribution < 1.29 is 13.2 Å². The summed E-state index contributed by atoms with van der Waals surface area (Å²) < 4.78 is 39.4. The maximum absolute atomic E-state index is 13.0. The van der Waals surface area contributed by atoms with Gasteiger partial charge in [0, 0.05) is 23.3 Å². The number of pyridine rings is 1. The molecule has 0 aliphatic rings. The summed E-state index contributed by atoms with van der Waals surface area (Å²) in [6.45, 7) is 4.56. The monoisotopic (exact) mass is 353 g/mol. The van der Waals surface area contributed by atoms with Crippen molar-refractivity contribution in [2.45, 2.75) is 26.1 Å². The summed E-state index contributed by atoms with van der Waals surface area (Å²) in [5.74, 6) is 0.0604. The average molecular weight is 354 g/mol. The van der Waals surface area contributed by atoms with Gasteiger partial charge in [0.1, 0.15) is 5.82 Å². The highest BCUT2D eigenvalue weighted by molar-refractivity contribution is 9.10. The van der Waals surface area contributed by atoms with E-state index in [1.807, 2.05) is 32.8 Å². The number of nitrogens with one attached hydrogen (secondary N) is 1. The number of anilines is 1. The number of halogens is 4. The fourth-order valence-corrected chi connectivity index (χ4v) is 2.09. The molecule has 0 radical (unpaired) electrons. The maximum Gasteiger partial charge on any atom is 0.419 e. The number of rotatable bonds is 5. The first-order chi connectivity index (χ1) is 9.11. The van der Waals surface area contributed by atoms with Crippen molar-refractivity contribution in [3.63, 3.8) is 0 Å². The summed E-state index contributed by atoms with van der Waals surface area (Å²) in [6, 6.07) is 0.933. The Morgan fingerprint density at radius 3 is 2.40 bits per heavy atom. The lowest BCUT2D eigenvalue weighted by atomic mass is 10.0. The average Bonchev–Trinajstić information content (AvgIpc) is 2.28. The Morgan fingerprint density at radius 2 is 1.95 bits per heavy atom. The standard InChI is InChI=1S/C13H19BrF3N3/c1-8(2)11(7-20(3)4)19-12-10(13(15,16)17)5-9(14)6-18-12/h5-6,8,11H,7H2,1-4H3,(H,18,19). The van der Waals surface area contributed by atoms with Gasteiger partial charge >= 0.3 is 6.18 Å². The van der Waals surface area contributed by atoms with Crippen LogP contribution in [0.5, 0.6) is 0 Å². The predicted molar refractivity (Wildman–Crippen MR) is 77.7 cm³/mol. The predicted octanol–water partition coefficient (Wildman–Crippen LogP) is 3.86. The topological polar surface area (TPSA) is 28.2 Å². The van der Waals surface area contributed by atoms with Gasteiger partial charge in [0.05, 0.1) is 5.56 Å². The summed E-state index contributed by atoms with van der Waals surface area (Å²) in [6.07, 6.45) is -3.07. The molecule has 1 aromatic heterocycles. The molecular formula is C13H19BrF3N3. The van der Waals surface area contributed by atoms with Gasteiger partial charge in [0.25, 0.3) is 0 Å². The lowest BCUT2D eigenvalue weighted by Gasteiger charge is -2.27. The zero-order chi connectivity index (χ0) is 15.5. The van der Waals surface area contributed by atoms with Gasteiger partial charge in [0.2, 0.25) is 0 Å².